The molecule has 2 heterocycles. The number of rotatable bonds is 3. The Hall–Kier alpha value is -1.13. The first-order chi connectivity index (χ1) is 9.56. The van der Waals surface area contributed by atoms with E-state index in [0.29, 0.717) is 6.42 Å². The second-order valence-corrected chi connectivity index (χ2v) is 6.57. The molecule has 0 radical (unpaired) electrons. The van der Waals surface area contributed by atoms with E-state index in [9.17, 15) is 21.6 Å². The molecule has 6 nitrogen and oxygen atoms in total. The summed E-state index contributed by atoms with van der Waals surface area (Å²) >= 11 is 0. The Balaban J connectivity index is 2.16. The van der Waals surface area contributed by atoms with Crippen molar-refractivity contribution in [1.29, 1.82) is 0 Å². The van der Waals surface area contributed by atoms with Gasteiger partial charge < -0.3 is 4.74 Å². The third-order valence-electron chi connectivity index (χ3n) is 3.38. The van der Waals surface area contributed by atoms with Gasteiger partial charge in [0.05, 0.1) is 17.6 Å². The van der Waals surface area contributed by atoms with E-state index in [4.69, 9.17) is 9.29 Å². The van der Waals surface area contributed by atoms with Crippen LogP contribution in [0.15, 0.2) is 6.07 Å². The van der Waals surface area contributed by atoms with Crippen LogP contribution in [0.3, 0.4) is 0 Å². The van der Waals surface area contributed by atoms with Crippen LogP contribution < -0.4 is 0 Å². The first-order valence-electron chi connectivity index (χ1n) is 6.24. The largest absolute Gasteiger partial charge is 0.435 e. The highest BCUT2D eigenvalue weighted by Crippen LogP contribution is 2.35. The highest BCUT2D eigenvalue weighted by molar-refractivity contribution is 7.85. The molecule has 0 spiro atoms. The molecule has 120 valence electrons. The third-order valence-corrected chi connectivity index (χ3v) is 4.27. The lowest BCUT2D eigenvalue weighted by molar-refractivity contribution is -0.141. The van der Waals surface area contributed by atoms with Crippen LogP contribution in [0.4, 0.5) is 13.2 Å². The number of nitrogens with zero attached hydrogens (tertiary/aromatic N) is 2. The summed E-state index contributed by atoms with van der Waals surface area (Å²) in [5.41, 5.74) is -0.775. The molecule has 1 aliphatic heterocycles. The fourth-order valence-electron chi connectivity index (χ4n) is 2.44. The Kier molecular flexibility index (Phi) is 4.31. The second kappa shape index (κ2) is 5.58. The number of ether oxygens (including phenoxy) is 1. The highest BCUT2D eigenvalue weighted by Gasteiger charge is 2.36. The van der Waals surface area contributed by atoms with Crippen molar-refractivity contribution in [3.8, 4) is 0 Å². The van der Waals surface area contributed by atoms with E-state index >= 15 is 0 Å². The molecule has 1 saturated heterocycles. The highest BCUT2D eigenvalue weighted by atomic mass is 32.2. The summed E-state index contributed by atoms with van der Waals surface area (Å²) in [4.78, 5) is 0. The Morgan fingerprint density at radius 1 is 1.52 bits per heavy atom. The summed E-state index contributed by atoms with van der Waals surface area (Å²) in [7, 11) is -2.74. The zero-order chi connectivity index (χ0) is 15.8. The van der Waals surface area contributed by atoms with Gasteiger partial charge in [0, 0.05) is 13.7 Å². The second-order valence-electron chi connectivity index (χ2n) is 5.07. The number of alkyl halides is 3. The van der Waals surface area contributed by atoms with Gasteiger partial charge in [-0.15, -0.1) is 0 Å². The molecular formula is C11H15F3N2O4S. The van der Waals surface area contributed by atoms with Crippen LogP contribution in [0.1, 0.15) is 30.3 Å². The minimum atomic E-state index is -4.54. The van der Waals surface area contributed by atoms with Crippen LogP contribution in [0.2, 0.25) is 0 Å². The van der Waals surface area contributed by atoms with Gasteiger partial charge in [-0.1, -0.05) is 0 Å². The molecule has 1 aliphatic rings. The fraction of sp³-hybridized carbons (Fsp3) is 0.727. The summed E-state index contributed by atoms with van der Waals surface area (Å²) in [5.74, 6) is -0.778. The van der Waals surface area contributed by atoms with Crippen LogP contribution in [0, 0.1) is 5.92 Å². The maximum atomic E-state index is 12.6. The van der Waals surface area contributed by atoms with Gasteiger partial charge in [-0.05, 0) is 24.8 Å². The van der Waals surface area contributed by atoms with Gasteiger partial charge in [0.15, 0.2) is 5.69 Å². The molecule has 1 aromatic rings. The molecule has 0 amide bonds. The molecule has 2 rings (SSSR count). The lowest BCUT2D eigenvalue weighted by atomic mass is 9.95. The molecule has 21 heavy (non-hydrogen) atoms. The van der Waals surface area contributed by atoms with Gasteiger partial charge in [0.2, 0.25) is 0 Å². The quantitative estimate of drug-likeness (QED) is 0.856. The molecule has 0 aliphatic carbocycles. The molecular weight excluding hydrogens is 313 g/mol. The van der Waals surface area contributed by atoms with Crippen molar-refractivity contribution < 1.29 is 30.9 Å². The third kappa shape index (κ3) is 4.17. The monoisotopic (exact) mass is 328 g/mol. The van der Waals surface area contributed by atoms with Crippen molar-refractivity contribution in [2.75, 3.05) is 12.4 Å². The van der Waals surface area contributed by atoms with E-state index in [1.54, 1.807) is 0 Å². The zero-order valence-corrected chi connectivity index (χ0v) is 12.0. The number of aryl methyl sites for hydroxylation is 1. The van der Waals surface area contributed by atoms with E-state index in [0.717, 1.165) is 10.7 Å². The summed E-state index contributed by atoms with van der Waals surface area (Å²) in [6.07, 6.45) is -4.56. The molecule has 2 unspecified atom stereocenters. The van der Waals surface area contributed by atoms with Crippen molar-refractivity contribution in [2.24, 2.45) is 13.0 Å². The first kappa shape index (κ1) is 16.2. The molecule has 1 N–H and O–H groups in total. The van der Waals surface area contributed by atoms with Gasteiger partial charge in [-0.3, -0.25) is 9.23 Å². The Morgan fingerprint density at radius 2 is 2.19 bits per heavy atom. The summed E-state index contributed by atoms with van der Waals surface area (Å²) in [6, 6.07) is 0.903. The van der Waals surface area contributed by atoms with Gasteiger partial charge in [-0.2, -0.15) is 26.7 Å². The Bertz CT molecular complexity index is 611. The molecule has 1 fully saturated rings. The average molecular weight is 328 g/mol. The van der Waals surface area contributed by atoms with Crippen molar-refractivity contribution in [3.05, 3.63) is 17.5 Å². The number of aromatic nitrogens is 2. The minimum Gasteiger partial charge on any atom is -0.372 e. The molecule has 10 heteroatoms. The zero-order valence-electron chi connectivity index (χ0n) is 11.2. The van der Waals surface area contributed by atoms with E-state index in [1.165, 1.54) is 7.05 Å². The molecule has 0 bridgehead atoms. The molecule has 0 aromatic carbocycles. The van der Waals surface area contributed by atoms with Crippen LogP contribution in [0.25, 0.3) is 0 Å². The molecule has 1 aromatic heterocycles. The maximum Gasteiger partial charge on any atom is 0.435 e. The van der Waals surface area contributed by atoms with Gasteiger partial charge in [0.25, 0.3) is 10.1 Å². The topological polar surface area (TPSA) is 81.4 Å². The summed E-state index contributed by atoms with van der Waals surface area (Å²) in [5, 5.41) is 3.40. The summed E-state index contributed by atoms with van der Waals surface area (Å²) in [6.45, 7) is 0.220. The van der Waals surface area contributed by atoms with Crippen LogP contribution >= 0.6 is 0 Å². The number of hydrogen-bond acceptors (Lipinski definition) is 4. The van der Waals surface area contributed by atoms with Crippen molar-refractivity contribution in [1.82, 2.24) is 9.78 Å². The molecule has 0 saturated carbocycles. The van der Waals surface area contributed by atoms with Gasteiger partial charge in [-0.25, -0.2) is 0 Å². The lowest BCUT2D eigenvalue weighted by Gasteiger charge is -2.28. The molecule has 2 atom stereocenters. The van der Waals surface area contributed by atoms with E-state index in [-0.39, 0.29) is 24.6 Å². The van der Waals surface area contributed by atoms with Crippen LogP contribution in [0.5, 0.6) is 0 Å². The van der Waals surface area contributed by atoms with E-state index in [1.807, 2.05) is 0 Å². The van der Waals surface area contributed by atoms with Gasteiger partial charge in [0.1, 0.15) is 0 Å². The number of hydrogen-bond donors (Lipinski definition) is 1. The Labute approximate surface area is 119 Å². The Morgan fingerprint density at radius 3 is 2.71 bits per heavy atom. The minimum absolute atomic E-state index is 0.219. The van der Waals surface area contributed by atoms with Crippen LogP contribution in [-0.4, -0.2) is 35.1 Å². The van der Waals surface area contributed by atoms with E-state index < -0.39 is 33.8 Å². The van der Waals surface area contributed by atoms with Crippen LogP contribution in [-0.2, 0) is 28.1 Å². The average Bonchev–Trinajstić information content (AvgIpc) is 2.69. The fourth-order valence-corrected chi connectivity index (χ4v) is 3.34. The summed E-state index contributed by atoms with van der Waals surface area (Å²) < 4.78 is 75.0. The standard InChI is InChI=1S/C11H15F3N2O4S/c1-16-8(5-10(15-16)11(12,13)14)9-4-7(2-3-20-9)6-21(17,18)19/h5,7,9H,2-4,6H2,1H3,(H,17,18,19). The van der Waals surface area contributed by atoms with E-state index in [2.05, 4.69) is 5.10 Å². The first-order valence-corrected chi connectivity index (χ1v) is 7.85. The predicted molar refractivity (Wildman–Crippen MR) is 66.0 cm³/mol. The lowest BCUT2D eigenvalue weighted by Crippen LogP contribution is -2.26. The number of halogens is 3. The van der Waals surface area contributed by atoms with Crippen molar-refractivity contribution in [2.45, 2.75) is 25.1 Å². The SMILES string of the molecule is Cn1nc(C(F)(F)F)cc1C1CC(CS(=O)(=O)O)CCO1. The normalized spacial score (nSPS) is 24.2. The smallest absolute Gasteiger partial charge is 0.372 e. The van der Waals surface area contributed by atoms with Crippen molar-refractivity contribution >= 4 is 10.1 Å². The maximum absolute atomic E-state index is 12.6. The van der Waals surface area contributed by atoms with Gasteiger partial charge >= 0.3 is 6.18 Å². The van der Waals surface area contributed by atoms with Crippen molar-refractivity contribution in [3.63, 3.8) is 0 Å². The predicted octanol–water partition coefficient (Wildman–Crippen LogP) is 1.79.